The van der Waals surface area contributed by atoms with Crippen molar-refractivity contribution in [3.63, 3.8) is 0 Å². The van der Waals surface area contributed by atoms with Crippen LogP contribution in [0.25, 0.3) is 0 Å². The maximum Gasteiger partial charge on any atom is 0.248 e. The van der Waals surface area contributed by atoms with Crippen molar-refractivity contribution in [3.8, 4) is 0 Å². The molecule has 1 spiro atoms. The average molecular weight is 334 g/mol. The quantitative estimate of drug-likeness (QED) is 0.871. The summed E-state index contributed by atoms with van der Waals surface area (Å²) in [5.74, 6) is -0.747. The van der Waals surface area contributed by atoms with E-state index in [2.05, 4.69) is 0 Å². The van der Waals surface area contributed by atoms with Gasteiger partial charge >= 0.3 is 0 Å². The number of nitrogens with two attached hydrogens (primary N) is 1. The van der Waals surface area contributed by atoms with Crippen LogP contribution in [0.1, 0.15) is 39.9 Å². The van der Waals surface area contributed by atoms with E-state index in [9.17, 15) is 14.4 Å². The Balaban J connectivity index is 1.61. The zero-order valence-corrected chi connectivity index (χ0v) is 13.7. The van der Waals surface area contributed by atoms with Crippen LogP contribution in [0.4, 0.5) is 0 Å². The fourth-order valence-electron chi connectivity index (χ4n) is 4.01. The highest BCUT2D eigenvalue weighted by atomic mass is 16.2. The summed E-state index contributed by atoms with van der Waals surface area (Å²) >= 11 is 0. The van der Waals surface area contributed by atoms with E-state index in [0.717, 1.165) is 23.1 Å². The zero-order chi connectivity index (χ0) is 17.6. The molecule has 5 nitrogen and oxygen atoms in total. The topological polar surface area (TPSA) is 80.5 Å². The molecular weight excluding hydrogens is 316 g/mol. The van der Waals surface area contributed by atoms with E-state index in [-0.39, 0.29) is 24.8 Å². The van der Waals surface area contributed by atoms with Gasteiger partial charge in [0.25, 0.3) is 0 Å². The third kappa shape index (κ3) is 2.35. The molecule has 4 rings (SSSR count). The number of primary amides is 1. The van der Waals surface area contributed by atoms with E-state index in [1.807, 2.05) is 24.3 Å². The monoisotopic (exact) mass is 334 g/mol. The second-order valence-electron chi connectivity index (χ2n) is 6.76. The number of hydrogen-bond acceptors (Lipinski definition) is 3. The summed E-state index contributed by atoms with van der Waals surface area (Å²) < 4.78 is 0. The molecule has 5 heteroatoms. The van der Waals surface area contributed by atoms with Crippen molar-refractivity contribution in [1.82, 2.24) is 4.90 Å². The van der Waals surface area contributed by atoms with Crippen LogP contribution in [0.5, 0.6) is 0 Å². The van der Waals surface area contributed by atoms with Crippen LogP contribution in [0.2, 0.25) is 0 Å². The number of amides is 3. The van der Waals surface area contributed by atoms with Gasteiger partial charge in [0.05, 0.1) is 12.0 Å². The Labute approximate surface area is 145 Å². The fourth-order valence-corrected chi connectivity index (χ4v) is 4.01. The Hall–Kier alpha value is -2.95. The summed E-state index contributed by atoms with van der Waals surface area (Å²) in [6, 6.07) is 14.6. The molecule has 1 aliphatic heterocycles. The second kappa shape index (κ2) is 5.55. The van der Waals surface area contributed by atoms with Crippen LogP contribution >= 0.6 is 0 Å². The van der Waals surface area contributed by atoms with Crippen molar-refractivity contribution < 1.29 is 14.4 Å². The molecule has 0 aromatic heterocycles. The van der Waals surface area contributed by atoms with E-state index >= 15 is 0 Å². The molecule has 0 unspecified atom stereocenters. The van der Waals surface area contributed by atoms with Crippen molar-refractivity contribution in [2.75, 3.05) is 0 Å². The molecule has 1 fully saturated rings. The Morgan fingerprint density at radius 1 is 1.08 bits per heavy atom. The SMILES string of the molecule is NC(=O)c1ccc(CN2C(=O)C[C@]3(CCc4ccccc43)C2=O)cc1. The molecule has 0 bridgehead atoms. The standard InChI is InChI=1S/C20H18N2O3/c21-18(24)15-7-5-13(6-8-15)12-22-17(23)11-20(19(22)25)10-9-14-3-1-2-4-16(14)20/h1-8H,9-12H2,(H2,21,24)/t20-/m0/s1. The van der Waals surface area contributed by atoms with Crippen LogP contribution in [0.15, 0.2) is 48.5 Å². The highest BCUT2D eigenvalue weighted by Gasteiger charge is 2.55. The molecular formula is C20H18N2O3. The van der Waals surface area contributed by atoms with Crippen molar-refractivity contribution in [3.05, 3.63) is 70.8 Å². The molecule has 2 aromatic rings. The number of nitrogens with zero attached hydrogens (tertiary/aromatic N) is 1. The first-order valence-corrected chi connectivity index (χ1v) is 8.33. The lowest BCUT2D eigenvalue weighted by Crippen LogP contribution is -2.36. The Bertz CT molecular complexity index is 888. The lowest BCUT2D eigenvalue weighted by Gasteiger charge is -2.23. The maximum atomic E-state index is 13.1. The van der Waals surface area contributed by atoms with Crippen molar-refractivity contribution in [2.24, 2.45) is 5.73 Å². The molecule has 126 valence electrons. The number of benzene rings is 2. The Morgan fingerprint density at radius 2 is 1.80 bits per heavy atom. The van der Waals surface area contributed by atoms with Crippen LogP contribution < -0.4 is 5.73 Å². The molecule has 1 atom stereocenters. The number of aryl methyl sites for hydroxylation is 1. The van der Waals surface area contributed by atoms with Crippen molar-refractivity contribution >= 4 is 17.7 Å². The molecule has 1 aliphatic carbocycles. The number of rotatable bonds is 3. The summed E-state index contributed by atoms with van der Waals surface area (Å²) in [4.78, 5) is 38.2. The highest BCUT2D eigenvalue weighted by molar-refractivity contribution is 6.09. The van der Waals surface area contributed by atoms with Crippen LogP contribution in [0.3, 0.4) is 0 Å². The minimum Gasteiger partial charge on any atom is -0.366 e. The normalized spacial score (nSPS) is 21.8. The Kier molecular flexibility index (Phi) is 3.46. The van der Waals surface area contributed by atoms with Gasteiger partial charge in [-0.05, 0) is 41.7 Å². The van der Waals surface area contributed by atoms with Crippen LogP contribution in [0, 0.1) is 0 Å². The van der Waals surface area contributed by atoms with Crippen molar-refractivity contribution in [1.29, 1.82) is 0 Å². The average Bonchev–Trinajstić information content (AvgIpc) is 3.09. The number of likely N-dealkylation sites (tertiary alicyclic amines) is 1. The minimum atomic E-state index is -0.694. The summed E-state index contributed by atoms with van der Waals surface area (Å²) in [6.07, 6.45) is 1.76. The lowest BCUT2D eigenvalue weighted by atomic mass is 9.80. The van der Waals surface area contributed by atoms with Gasteiger partial charge in [0.2, 0.25) is 17.7 Å². The number of imide groups is 1. The maximum absolute atomic E-state index is 13.1. The van der Waals surface area contributed by atoms with Gasteiger partial charge in [-0.2, -0.15) is 0 Å². The highest BCUT2D eigenvalue weighted by Crippen LogP contribution is 2.47. The second-order valence-corrected chi connectivity index (χ2v) is 6.76. The van der Waals surface area contributed by atoms with E-state index in [1.54, 1.807) is 24.3 Å². The van der Waals surface area contributed by atoms with Crippen LogP contribution in [-0.2, 0) is 28.0 Å². The van der Waals surface area contributed by atoms with Gasteiger partial charge < -0.3 is 5.73 Å². The first-order chi connectivity index (χ1) is 12.0. The molecule has 2 N–H and O–H groups in total. The molecule has 1 saturated heterocycles. The van der Waals surface area contributed by atoms with E-state index < -0.39 is 11.3 Å². The van der Waals surface area contributed by atoms with Gasteiger partial charge in [-0.15, -0.1) is 0 Å². The summed E-state index contributed by atoms with van der Waals surface area (Å²) in [5, 5.41) is 0. The lowest BCUT2D eigenvalue weighted by molar-refractivity contribution is -0.140. The predicted octanol–water partition coefficient (Wildman–Crippen LogP) is 1.93. The summed E-state index contributed by atoms with van der Waals surface area (Å²) in [6.45, 7) is 0.223. The van der Waals surface area contributed by atoms with Crippen molar-refractivity contribution in [2.45, 2.75) is 31.2 Å². The molecule has 2 aliphatic rings. The number of fused-ring (bicyclic) bond motifs is 2. The van der Waals surface area contributed by atoms with Gasteiger partial charge in [0, 0.05) is 12.0 Å². The zero-order valence-electron chi connectivity index (χ0n) is 13.7. The molecule has 25 heavy (non-hydrogen) atoms. The van der Waals surface area contributed by atoms with Crippen LogP contribution in [-0.4, -0.2) is 22.6 Å². The number of hydrogen-bond donors (Lipinski definition) is 1. The van der Waals surface area contributed by atoms with Gasteiger partial charge in [-0.25, -0.2) is 0 Å². The molecule has 3 amide bonds. The minimum absolute atomic E-state index is 0.110. The van der Waals surface area contributed by atoms with Gasteiger partial charge in [0.15, 0.2) is 0 Å². The van der Waals surface area contributed by atoms with E-state index in [1.165, 1.54) is 4.90 Å². The molecule has 1 heterocycles. The first kappa shape index (κ1) is 15.6. The third-order valence-electron chi connectivity index (χ3n) is 5.34. The molecule has 0 saturated carbocycles. The molecule has 0 radical (unpaired) electrons. The predicted molar refractivity (Wildman–Crippen MR) is 91.6 cm³/mol. The van der Waals surface area contributed by atoms with Gasteiger partial charge in [-0.3, -0.25) is 19.3 Å². The molecule has 2 aromatic carbocycles. The smallest absolute Gasteiger partial charge is 0.248 e. The Morgan fingerprint density at radius 3 is 2.52 bits per heavy atom. The number of carbonyl (C=O) groups is 3. The fraction of sp³-hybridized carbons (Fsp3) is 0.250. The first-order valence-electron chi connectivity index (χ1n) is 8.33. The summed E-state index contributed by atoms with van der Waals surface area (Å²) in [7, 11) is 0. The number of carbonyl (C=O) groups excluding carboxylic acids is 3. The van der Waals surface area contributed by atoms with E-state index in [4.69, 9.17) is 5.73 Å². The van der Waals surface area contributed by atoms with Gasteiger partial charge in [0.1, 0.15) is 0 Å². The van der Waals surface area contributed by atoms with Gasteiger partial charge in [-0.1, -0.05) is 36.4 Å². The summed E-state index contributed by atoms with van der Waals surface area (Å²) in [5.41, 5.74) is 7.91. The largest absolute Gasteiger partial charge is 0.366 e. The van der Waals surface area contributed by atoms with E-state index in [0.29, 0.717) is 12.0 Å². The third-order valence-corrected chi connectivity index (χ3v) is 5.34.